The van der Waals surface area contributed by atoms with Gasteiger partial charge in [-0.25, -0.2) is 9.37 Å². The largest absolute Gasteiger partial charge is 0.466 e. The van der Waals surface area contributed by atoms with Gasteiger partial charge in [0.15, 0.2) is 5.13 Å². The van der Waals surface area contributed by atoms with Crippen molar-refractivity contribution < 1.29 is 18.7 Å². The molecule has 0 fully saturated rings. The molecule has 1 aromatic carbocycles. The Hall–Kier alpha value is -2.03. The molecular formula is C16H12ClFN2O3S2. The summed E-state index contributed by atoms with van der Waals surface area (Å²) in [6.45, 7) is 2.03. The molecule has 3 rings (SSSR count). The molecule has 0 bridgehead atoms. The van der Waals surface area contributed by atoms with E-state index in [4.69, 9.17) is 16.3 Å². The van der Waals surface area contributed by atoms with Gasteiger partial charge in [-0.05, 0) is 25.1 Å². The van der Waals surface area contributed by atoms with Crippen LogP contribution in [0, 0.1) is 5.82 Å². The smallest absolute Gasteiger partial charge is 0.311 e. The first-order chi connectivity index (χ1) is 12.0. The molecule has 0 unspecified atom stereocenters. The number of hydrogen-bond acceptors (Lipinski definition) is 6. The molecule has 9 heteroatoms. The highest BCUT2D eigenvalue weighted by Gasteiger charge is 2.19. The molecule has 0 atom stereocenters. The van der Waals surface area contributed by atoms with Gasteiger partial charge in [-0.1, -0.05) is 11.6 Å². The number of thiophene rings is 1. The van der Waals surface area contributed by atoms with E-state index in [1.165, 1.54) is 23.5 Å². The van der Waals surface area contributed by atoms with Gasteiger partial charge < -0.3 is 4.74 Å². The van der Waals surface area contributed by atoms with Gasteiger partial charge in [0.1, 0.15) is 10.7 Å². The first kappa shape index (κ1) is 17.8. The molecule has 130 valence electrons. The number of nitrogens with one attached hydrogen (secondary N) is 1. The van der Waals surface area contributed by atoms with E-state index in [0.717, 1.165) is 11.3 Å². The van der Waals surface area contributed by atoms with Crippen molar-refractivity contribution in [3.8, 4) is 0 Å². The van der Waals surface area contributed by atoms with Crippen molar-refractivity contribution in [1.82, 2.24) is 4.98 Å². The summed E-state index contributed by atoms with van der Waals surface area (Å²) in [6, 6.07) is 4.18. The summed E-state index contributed by atoms with van der Waals surface area (Å²) in [5.41, 5.74) is 0.517. The topological polar surface area (TPSA) is 68.3 Å². The third-order valence-corrected chi connectivity index (χ3v) is 5.66. The predicted molar refractivity (Wildman–Crippen MR) is 97.2 cm³/mol. The predicted octanol–water partition coefficient (Wildman–Crippen LogP) is 4.51. The molecule has 0 aliphatic rings. The third-order valence-electron chi connectivity index (χ3n) is 3.20. The van der Waals surface area contributed by atoms with E-state index in [9.17, 15) is 14.0 Å². The molecular weight excluding hydrogens is 387 g/mol. The van der Waals surface area contributed by atoms with Gasteiger partial charge in [-0.3, -0.25) is 14.9 Å². The van der Waals surface area contributed by atoms with Crippen LogP contribution in [0.2, 0.25) is 5.02 Å². The van der Waals surface area contributed by atoms with Crippen molar-refractivity contribution in [1.29, 1.82) is 0 Å². The summed E-state index contributed by atoms with van der Waals surface area (Å²) >= 11 is 8.54. The van der Waals surface area contributed by atoms with Crippen LogP contribution in [-0.2, 0) is 16.0 Å². The fourth-order valence-electron chi connectivity index (χ4n) is 2.14. The minimum absolute atomic E-state index is 0.0448. The molecule has 0 aliphatic heterocycles. The van der Waals surface area contributed by atoms with Crippen LogP contribution in [-0.4, -0.2) is 23.5 Å². The Labute approximate surface area is 155 Å². The fourth-order valence-corrected chi connectivity index (χ4v) is 4.29. The van der Waals surface area contributed by atoms with E-state index in [2.05, 4.69) is 10.3 Å². The molecule has 2 aromatic heterocycles. The van der Waals surface area contributed by atoms with Crippen LogP contribution in [0.5, 0.6) is 0 Å². The molecule has 5 nitrogen and oxygen atoms in total. The molecule has 0 saturated carbocycles. The number of carbonyl (C=O) groups excluding carboxylic acids is 2. The van der Waals surface area contributed by atoms with E-state index in [-0.39, 0.29) is 28.1 Å². The summed E-state index contributed by atoms with van der Waals surface area (Å²) in [7, 11) is 0. The number of thiazole rings is 1. The second-order valence-electron chi connectivity index (χ2n) is 4.97. The Morgan fingerprint density at radius 2 is 2.20 bits per heavy atom. The maximum atomic E-state index is 13.3. The monoisotopic (exact) mass is 398 g/mol. The second kappa shape index (κ2) is 7.47. The summed E-state index contributed by atoms with van der Waals surface area (Å²) in [6.07, 6.45) is 0.0448. The van der Waals surface area contributed by atoms with Crippen molar-refractivity contribution in [3.05, 3.63) is 45.0 Å². The van der Waals surface area contributed by atoms with Crippen LogP contribution in [0.25, 0.3) is 10.1 Å². The van der Waals surface area contributed by atoms with E-state index in [1.807, 2.05) is 0 Å². The lowest BCUT2D eigenvalue weighted by Crippen LogP contribution is -2.11. The zero-order valence-electron chi connectivity index (χ0n) is 13.0. The number of halogens is 2. The molecule has 3 aromatic rings. The number of carbonyl (C=O) groups is 2. The number of amides is 1. The van der Waals surface area contributed by atoms with Gasteiger partial charge in [0.05, 0.1) is 23.7 Å². The zero-order chi connectivity index (χ0) is 18.0. The Bertz CT molecular complexity index is 954. The summed E-state index contributed by atoms with van der Waals surface area (Å²) in [4.78, 5) is 28.3. The van der Waals surface area contributed by atoms with Crippen LogP contribution < -0.4 is 5.32 Å². The number of aromatic nitrogens is 1. The minimum Gasteiger partial charge on any atom is -0.466 e. The fraction of sp³-hybridized carbons (Fsp3) is 0.188. The van der Waals surface area contributed by atoms with Crippen LogP contribution in [0.1, 0.15) is 22.3 Å². The van der Waals surface area contributed by atoms with Crippen molar-refractivity contribution in [3.63, 3.8) is 0 Å². The van der Waals surface area contributed by atoms with Crippen LogP contribution >= 0.6 is 34.3 Å². The first-order valence-corrected chi connectivity index (χ1v) is 9.34. The summed E-state index contributed by atoms with van der Waals surface area (Å²) in [5, 5.41) is 5.58. The minimum atomic E-state index is -0.427. The summed E-state index contributed by atoms with van der Waals surface area (Å²) in [5.74, 6) is -1.19. The lowest BCUT2D eigenvalue weighted by atomic mass is 10.2. The maximum absolute atomic E-state index is 13.3. The van der Waals surface area contributed by atoms with Gasteiger partial charge >= 0.3 is 5.97 Å². The number of anilines is 1. The third kappa shape index (κ3) is 3.97. The number of esters is 1. The number of ether oxygens (including phenoxy) is 1. The normalized spacial score (nSPS) is 10.8. The number of hydrogen-bond donors (Lipinski definition) is 1. The van der Waals surface area contributed by atoms with Crippen molar-refractivity contribution in [2.75, 3.05) is 11.9 Å². The highest BCUT2D eigenvalue weighted by Crippen LogP contribution is 2.36. The zero-order valence-corrected chi connectivity index (χ0v) is 15.4. The van der Waals surface area contributed by atoms with Gasteiger partial charge in [0, 0.05) is 15.5 Å². The Morgan fingerprint density at radius 1 is 1.40 bits per heavy atom. The number of rotatable bonds is 5. The van der Waals surface area contributed by atoms with E-state index in [1.54, 1.807) is 18.4 Å². The van der Waals surface area contributed by atoms with Gasteiger partial charge in [-0.15, -0.1) is 22.7 Å². The summed E-state index contributed by atoms with van der Waals surface area (Å²) < 4.78 is 18.8. The van der Waals surface area contributed by atoms with Crippen molar-refractivity contribution >= 4 is 61.4 Å². The Balaban J connectivity index is 1.75. The lowest BCUT2D eigenvalue weighted by molar-refractivity contribution is -0.142. The second-order valence-corrected chi connectivity index (χ2v) is 7.25. The number of benzene rings is 1. The highest BCUT2D eigenvalue weighted by molar-refractivity contribution is 7.21. The van der Waals surface area contributed by atoms with Crippen LogP contribution in [0.3, 0.4) is 0 Å². The van der Waals surface area contributed by atoms with E-state index < -0.39 is 5.91 Å². The molecule has 0 radical (unpaired) electrons. The van der Waals surface area contributed by atoms with E-state index >= 15 is 0 Å². The van der Waals surface area contributed by atoms with Gasteiger partial charge in [0.25, 0.3) is 5.91 Å². The maximum Gasteiger partial charge on any atom is 0.311 e. The number of fused-ring (bicyclic) bond motifs is 1. The van der Waals surface area contributed by atoms with Crippen LogP contribution in [0.15, 0.2) is 23.6 Å². The molecule has 0 aliphatic carbocycles. The van der Waals surface area contributed by atoms with Gasteiger partial charge in [0.2, 0.25) is 0 Å². The molecule has 0 spiro atoms. The lowest BCUT2D eigenvalue weighted by Gasteiger charge is -2.00. The molecule has 0 saturated heterocycles. The Morgan fingerprint density at radius 3 is 2.96 bits per heavy atom. The first-order valence-electron chi connectivity index (χ1n) is 7.27. The molecule has 1 N–H and O–H groups in total. The highest BCUT2D eigenvalue weighted by atomic mass is 35.5. The Kier molecular flexibility index (Phi) is 5.31. The van der Waals surface area contributed by atoms with Crippen molar-refractivity contribution in [2.45, 2.75) is 13.3 Å². The average molecular weight is 399 g/mol. The molecule has 2 heterocycles. The average Bonchev–Trinajstić information content (AvgIpc) is 3.12. The number of nitrogens with zero attached hydrogens (tertiary/aromatic N) is 1. The molecule has 25 heavy (non-hydrogen) atoms. The van der Waals surface area contributed by atoms with Crippen LogP contribution in [0.4, 0.5) is 9.52 Å². The molecule has 1 amide bonds. The standard InChI is InChI=1S/C16H12ClFN2O3S2/c1-2-23-12(21)6-9-7-24-16(19-9)20-15(22)14-13(17)10-4-3-8(18)5-11(10)25-14/h3-5,7H,2,6H2,1H3,(H,19,20,22). The van der Waals surface area contributed by atoms with Crippen molar-refractivity contribution in [2.24, 2.45) is 0 Å². The van der Waals surface area contributed by atoms with E-state index in [0.29, 0.717) is 27.5 Å². The quantitative estimate of drug-likeness (QED) is 0.642. The SMILES string of the molecule is CCOC(=O)Cc1csc(NC(=O)c2sc3cc(F)ccc3c2Cl)n1. The van der Waals surface area contributed by atoms with Gasteiger partial charge in [-0.2, -0.15) is 0 Å².